The van der Waals surface area contributed by atoms with Crippen molar-refractivity contribution in [3.63, 3.8) is 0 Å². The lowest BCUT2D eigenvalue weighted by molar-refractivity contribution is 0.249. The monoisotopic (exact) mass is 251 g/mol. The molecule has 0 saturated carbocycles. The number of hydrogen-bond acceptors (Lipinski definition) is 4. The lowest BCUT2D eigenvalue weighted by atomic mass is 10.1. The SMILES string of the molecule is CC1(C)CN(Cc2cccc(CN)n2)CCS1. The Morgan fingerprint density at radius 3 is 2.88 bits per heavy atom. The van der Waals surface area contributed by atoms with Gasteiger partial charge in [0.25, 0.3) is 0 Å². The third-order valence-corrected chi connectivity index (χ3v) is 4.26. The molecule has 0 atom stereocenters. The van der Waals surface area contributed by atoms with Gasteiger partial charge in [-0.25, -0.2) is 0 Å². The fraction of sp³-hybridized carbons (Fsp3) is 0.615. The van der Waals surface area contributed by atoms with Gasteiger partial charge in [0, 0.05) is 36.7 Å². The highest BCUT2D eigenvalue weighted by molar-refractivity contribution is 8.00. The van der Waals surface area contributed by atoms with Crippen LogP contribution in [-0.4, -0.2) is 33.5 Å². The van der Waals surface area contributed by atoms with Crippen molar-refractivity contribution in [1.29, 1.82) is 0 Å². The van der Waals surface area contributed by atoms with Gasteiger partial charge >= 0.3 is 0 Å². The van der Waals surface area contributed by atoms with E-state index < -0.39 is 0 Å². The van der Waals surface area contributed by atoms with Crippen molar-refractivity contribution >= 4 is 11.8 Å². The first-order valence-corrected chi connectivity index (χ1v) is 7.09. The average molecular weight is 251 g/mol. The maximum atomic E-state index is 5.62. The van der Waals surface area contributed by atoms with E-state index in [1.54, 1.807) is 0 Å². The second-order valence-electron chi connectivity index (χ2n) is 5.14. The van der Waals surface area contributed by atoms with Crippen LogP contribution in [0.3, 0.4) is 0 Å². The molecule has 1 aliphatic heterocycles. The van der Waals surface area contributed by atoms with Gasteiger partial charge in [-0.15, -0.1) is 0 Å². The molecule has 0 spiro atoms. The van der Waals surface area contributed by atoms with Crippen LogP contribution in [0.2, 0.25) is 0 Å². The van der Waals surface area contributed by atoms with Gasteiger partial charge in [-0.3, -0.25) is 9.88 Å². The topological polar surface area (TPSA) is 42.1 Å². The molecule has 94 valence electrons. The zero-order valence-electron chi connectivity index (χ0n) is 10.6. The van der Waals surface area contributed by atoms with E-state index in [-0.39, 0.29) is 0 Å². The van der Waals surface area contributed by atoms with Crippen molar-refractivity contribution in [2.24, 2.45) is 5.73 Å². The second-order valence-corrected chi connectivity index (χ2v) is 6.95. The smallest absolute Gasteiger partial charge is 0.0547 e. The zero-order chi connectivity index (χ0) is 12.3. The summed E-state index contributed by atoms with van der Waals surface area (Å²) in [5.74, 6) is 1.21. The number of aromatic nitrogens is 1. The van der Waals surface area contributed by atoms with Crippen LogP contribution in [0.4, 0.5) is 0 Å². The van der Waals surface area contributed by atoms with Crippen LogP contribution in [0.25, 0.3) is 0 Å². The van der Waals surface area contributed by atoms with Crippen molar-refractivity contribution in [3.8, 4) is 0 Å². The largest absolute Gasteiger partial charge is 0.325 e. The normalized spacial score (nSPS) is 20.4. The van der Waals surface area contributed by atoms with E-state index in [0.717, 1.165) is 31.0 Å². The molecule has 2 N–H and O–H groups in total. The van der Waals surface area contributed by atoms with Crippen LogP contribution in [0.5, 0.6) is 0 Å². The summed E-state index contributed by atoms with van der Waals surface area (Å²) in [7, 11) is 0. The van der Waals surface area contributed by atoms with E-state index in [4.69, 9.17) is 5.73 Å². The first kappa shape index (κ1) is 12.9. The highest BCUT2D eigenvalue weighted by Gasteiger charge is 2.26. The molecule has 0 radical (unpaired) electrons. The van der Waals surface area contributed by atoms with E-state index in [1.807, 2.05) is 12.1 Å². The fourth-order valence-corrected chi connectivity index (χ4v) is 3.39. The van der Waals surface area contributed by atoms with Crippen molar-refractivity contribution in [2.45, 2.75) is 31.7 Å². The summed E-state index contributed by atoms with van der Waals surface area (Å²) in [5.41, 5.74) is 7.73. The Bertz CT molecular complexity index is 379. The first-order chi connectivity index (χ1) is 8.09. The molecule has 1 aromatic rings. The molecule has 2 rings (SSSR count). The maximum absolute atomic E-state index is 5.62. The molecule has 0 bridgehead atoms. The van der Waals surface area contributed by atoms with E-state index in [1.165, 1.54) is 5.75 Å². The molecule has 1 aliphatic rings. The first-order valence-electron chi connectivity index (χ1n) is 6.10. The number of hydrogen-bond donors (Lipinski definition) is 1. The molecule has 1 saturated heterocycles. The van der Waals surface area contributed by atoms with Crippen LogP contribution in [0.1, 0.15) is 25.2 Å². The summed E-state index contributed by atoms with van der Waals surface area (Å²) >= 11 is 2.06. The quantitative estimate of drug-likeness (QED) is 0.890. The van der Waals surface area contributed by atoms with Crippen LogP contribution >= 0.6 is 11.8 Å². The summed E-state index contributed by atoms with van der Waals surface area (Å²) in [4.78, 5) is 7.04. The molecule has 17 heavy (non-hydrogen) atoms. The number of rotatable bonds is 3. The maximum Gasteiger partial charge on any atom is 0.0547 e. The van der Waals surface area contributed by atoms with Crippen LogP contribution in [-0.2, 0) is 13.1 Å². The predicted octanol–water partition coefficient (Wildman–Crippen LogP) is 1.87. The zero-order valence-corrected chi connectivity index (χ0v) is 11.5. The molecule has 3 nitrogen and oxygen atoms in total. The van der Waals surface area contributed by atoms with Gasteiger partial charge in [0.1, 0.15) is 0 Å². The van der Waals surface area contributed by atoms with E-state index in [9.17, 15) is 0 Å². The fourth-order valence-electron chi connectivity index (χ4n) is 2.21. The van der Waals surface area contributed by atoms with E-state index in [2.05, 4.69) is 41.6 Å². The van der Waals surface area contributed by atoms with Gasteiger partial charge in [0.2, 0.25) is 0 Å². The Kier molecular flexibility index (Phi) is 4.07. The Hall–Kier alpha value is -0.580. The van der Waals surface area contributed by atoms with Gasteiger partial charge in [0.15, 0.2) is 0 Å². The molecular formula is C13H21N3S. The van der Waals surface area contributed by atoms with Gasteiger partial charge in [-0.2, -0.15) is 11.8 Å². The van der Waals surface area contributed by atoms with Crippen molar-refractivity contribution in [3.05, 3.63) is 29.6 Å². The van der Waals surface area contributed by atoms with Gasteiger partial charge in [-0.1, -0.05) is 6.07 Å². The third kappa shape index (κ3) is 3.69. The molecule has 2 heterocycles. The minimum atomic E-state index is 0.365. The minimum absolute atomic E-state index is 0.365. The van der Waals surface area contributed by atoms with E-state index in [0.29, 0.717) is 11.3 Å². The Labute approximate surface area is 108 Å². The lowest BCUT2D eigenvalue weighted by Gasteiger charge is -2.37. The predicted molar refractivity (Wildman–Crippen MR) is 73.9 cm³/mol. The summed E-state index contributed by atoms with van der Waals surface area (Å²) < 4.78 is 0.365. The molecule has 0 unspecified atom stereocenters. The number of nitrogens with zero attached hydrogens (tertiary/aromatic N) is 2. The Morgan fingerprint density at radius 1 is 1.41 bits per heavy atom. The van der Waals surface area contributed by atoms with Crippen LogP contribution in [0, 0.1) is 0 Å². The molecule has 0 aromatic carbocycles. The van der Waals surface area contributed by atoms with Crippen LogP contribution in [0.15, 0.2) is 18.2 Å². The van der Waals surface area contributed by atoms with Crippen LogP contribution < -0.4 is 5.73 Å². The molecule has 0 amide bonds. The van der Waals surface area contributed by atoms with Crippen molar-refractivity contribution in [1.82, 2.24) is 9.88 Å². The highest BCUT2D eigenvalue weighted by Crippen LogP contribution is 2.29. The summed E-state index contributed by atoms with van der Waals surface area (Å²) in [6, 6.07) is 6.13. The number of nitrogens with two attached hydrogens (primary N) is 1. The molecule has 0 aliphatic carbocycles. The number of pyridine rings is 1. The number of thioether (sulfide) groups is 1. The minimum Gasteiger partial charge on any atom is -0.325 e. The highest BCUT2D eigenvalue weighted by atomic mass is 32.2. The van der Waals surface area contributed by atoms with Gasteiger partial charge < -0.3 is 5.73 Å². The van der Waals surface area contributed by atoms with Crippen molar-refractivity contribution in [2.75, 3.05) is 18.8 Å². The standard InChI is InChI=1S/C13H21N3S/c1-13(2)10-16(6-7-17-13)9-12-5-3-4-11(8-14)15-12/h3-5H,6-10,14H2,1-2H3. The average Bonchev–Trinajstić information content (AvgIpc) is 2.28. The third-order valence-electron chi connectivity index (χ3n) is 2.96. The van der Waals surface area contributed by atoms with E-state index >= 15 is 0 Å². The summed E-state index contributed by atoms with van der Waals surface area (Å²) in [6.45, 7) is 8.38. The summed E-state index contributed by atoms with van der Waals surface area (Å²) in [5, 5.41) is 0. The lowest BCUT2D eigenvalue weighted by Crippen LogP contribution is -2.42. The van der Waals surface area contributed by atoms with Gasteiger partial charge in [-0.05, 0) is 26.0 Å². The molecular weight excluding hydrogens is 230 g/mol. The van der Waals surface area contributed by atoms with Crippen molar-refractivity contribution < 1.29 is 0 Å². The van der Waals surface area contributed by atoms with Gasteiger partial charge in [0.05, 0.1) is 11.4 Å². The second kappa shape index (κ2) is 5.38. The Balaban J connectivity index is 2.00. The summed E-state index contributed by atoms with van der Waals surface area (Å²) in [6.07, 6.45) is 0. The Morgan fingerprint density at radius 2 is 2.18 bits per heavy atom. The molecule has 1 fully saturated rings. The molecule has 4 heteroatoms. The molecule has 1 aromatic heterocycles.